The molecule has 0 N–H and O–H groups in total. The predicted octanol–water partition coefficient (Wildman–Crippen LogP) is 4.14. The van der Waals surface area contributed by atoms with Crippen LogP contribution in [0, 0.1) is 20.8 Å². The fraction of sp³-hybridized carbons (Fsp3) is 0.381. The zero-order valence-electron chi connectivity index (χ0n) is 15.9. The molecular weight excluding hydrogens is 322 g/mol. The number of rotatable bonds is 3. The fourth-order valence-corrected chi connectivity index (χ4v) is 4.06. The van der Waals surface area contributed by atoms with Crippen LogP contribution in [0.1, 0.15) is 41.4 Å². The van der Waals surface area contributed by atoms with E-state index in [1.165, 1.54) is 11.1 Å². The molecule has 3 aromatic rings. The summed E-state index contributed by atoms with van der Waals surface area (Å²) in [4.78, 5) is 11.9. The molecule has 0 bridgehead atoms. The number of benzene rings is 1. The highest BCUT2D eigenvalue weighted by Gasteiger charge is 2.29. The maximum Gasteiger partial charge on any atom is 0.226 e. The van der Waals surface area contributed by atoms with E-state index in [0.29, 0.717) is 6.04 Å². The van der Waals surface area contributed by atoms with Crippen molar-refractivity contribution in [2.24, 2.45) is 7.05 Å². The third kappa shape index (κ3) is 2.77. The number of aryl methyl sites for hydroxylation is 3. The van der Waals surface area contributed by atoms with Gasteiger partial charge in [0, 0.05) is 31.0 Å². The van der Waals surface area contributed by atoms with Gasteiger partial charge in [0.25, 0.3) is 0 Å². The Kier molecular flexibility index (Phi) is 4.23. The lowest BCUT2D eigenvalue weighted by Crippen LogP contribution is -2.25. The van der Waals surface area contributed by atoms with Crippen LogP contribution in [0.5, 0.6) is 0 Å². The highest BCUT2D eigenvalue weighted by atomic mass is 15.3. The van der Waals surface area contributed by atoms with Crippen LogP contribution < -0.4 is 4.90 Å². The summed E-state index contributed by atoms with van der Waals surface area (Å²) in [5.74, 6) is 0.816. The second-order valence-electron chi connectivity index (χ2n) is 7.12. The number of hydrogen-bond acceptors (Lipinski definition) is 4. The second-order valence-corrected chi connectivity index (χ2v) is 7.12. The number of aromatic nitrogens is 4. The van der Waals surface area contributed by atoms with Crippen LogP contribution in [0.4, 0.5) is 5.95 Å². The van der Waals surface area contributed by atoms with Crippen molar-refractivity contribution in [3.63, 3.8) is 0 Å². The Balaban J connectivity index is 1.73. The molecule has 134 valence electrons. The van der Waals surface area contributed by atoms with Crippen molar-refractivity contribution in [3.8, 4) is 11.3 Å². The van der Waals surface area contributed by atoms with Crippen molar-refractivity contribution in [2.45, 2.75) is 39.7 Å². The summed E-state index contributed by atoms with van der Waals surface area (Å²) in [7, 11) is 1.97. The van der Waals surface area contributed by atoms with Gasteiger partial charge in [-0.25, -0.2) is 9.97 Å². The first-order valence-electron chi connectivity index (χ1n) is 9.22. The topological polar surface area (TPSA) is 46.8 Å². The molecular formula is C21H25N5. The van der Waals surface area contributed by atoms with Crippen LogP contribution in [0.2, 0.25) is 0 Å². The lowest BCUT2D eigenvalue weighted by atomic mass is 9.99. The molecule has 1 aliphatic rings. The molecule has 0 aliphatic carbocycles. The Morgan fingerprint density at radius 1 is 1.08 bits per heavy atom. The summed E-state index contributed by atoms with van der Waals surface area (Å²) in [6.45, 7) is 7.30. The van der Waals surface area contributed by atoms with E-state index in [2.05, 4.69) is 53.1 Å². The molecule has 3 heterocycles. The molecule has 0 saturated carbocycles. The quantitative estimate of drug-likeness (QED) is 0.714. The average molecular weight is 347 g/mol. The van der Waals surface area contributed by atoms with E-state index in [1.807, 2.05) is 30.9 Å². The van der Waals surface area contributed by atoms with Gasteiger partial charge in [-0.2, -0.15) is 5.10 Å². The highest BCUT2D eigenvalue weighted by Crippen LogP contribution is 2.36. The first-order valence-corrected chi connectivity index (χ1v) is 9.22. The SMILES string of the molecule is Cc1ccccc1C1CCCN1c1nccc(-c2c(C)nn(C)c2C)n1. The van der Waals surface area contributed by atoms with Gasteiger partial charge in [-0.05, 0) is 50.8 Å². The summed E-state index contributed by atoms with van der Waals surface area (Å²) in [6.07, 6.45) is 4.18. The van der Waals surface area contributed by atoms with Gasteiger partial charge in [0.05, 0.1) is 17.4 Å². The van der Waals surface area contributed by atoms with Crippen molar-refractivity contribution in [1.29, 1.82) is 0 Å². The zero-order valence-corrected chi connectivity index (χ0v) is 15.9. The van der Waals surface area contributed by atoms with Crippen LogP contribution in [0.3, 0.4) is 0 Å². The standard InChI is InChI=1S/C21H25N5/c1-14-8-5-6-9-17(14)19-10-7-13-26(19)21-22-12-11-18(23-21)20-15(2)24-25(4)16(20)3/h5-6,8-9,11-12,19H,7,10,13H2,1-4H3. The lowest BCUT2D eigenvalue weighted by molar-refractivity contribution is 0.697. The summed E-state index contributed by atoms with van der Waals surface area (Å²) in [5, 5.41) is 4.53. The Bertz CT molecular complexity index is 943. The predicted molar refractivity (Wildman–Crippen MR) is 104 cm³/mol. The molecule has 1 atom stereocenters. The Labute approximate surface area is 154 Å². The molecule has 0 spiro atoms. The van der Waals surface area contributed by atoms with Crippen LogP contribution in [0.25, 0.3) is 11.3 Å². The van der Waals surface area contributed by atoms with Gasteiger partial charge < -0.3 is 4.90 Å². The monoisotopic (exact) mass is 347 g/mol. The van der Waals surface area contributed by atoms with E-state index in [1.54, 1.807) is 0 Å². The molecule has 0 radical (unpaired) electrons. The minimum atomic E-state index is 0.350. The summed E-state index contributed by atoms with van der Waals surface area (Å²) in [6, 6.07) is 11.0. The van der Waals surface area contributed by atoms with Gasteiger partial charge in [-0.15, -0.1) is 0 Å². The fourth-order valence-electron chi connectivity index (χ4n) is 4.06. The number of hydrogen-bond donors (Lipinski definition) is 0. The second kappa shape index (κ2) is 6.56. The van der Waals surface area contributed by atoms with E-state index in [9.17, 15) is 0 Å². The van der Waals surface area contributed by atoms with Gasteiger partial charge in [0.1, 0.15) is 0 Å². The van der Waals surface area contributed by atoms with Crippen molar-refractivity contribution >= 4 is 5.95 Å². The van der Waals surface area contributed by atoms with E-state index in [0.717, 1.165) is 48.0 Å². The maximum absolute atomic E-state index is 4.93. The van der Waals surface area contributed by atoms with Crippen LogP contribution in [-0.2, 0) is 7.05 Å². The molecule has 1 saturated heterocycles. The molecule has 1 aliphatic heterocycles. The third-order valence-electron chi connectivity index (χ3n) is 5.47. The van der Waals surface area contributed by atoms with Crippen molar-refractivity contribution in [3.05, 3.63) is 59.0 Å². The van der Waals surface area contributed by atoms with E-state index in [-0.39, 0.29) is 0 Å². The molecule has 26 heavy (non-hydrogen) atoms. The van der Waals surface area contributed by atoms with Crippen LogP contribution >= 0.6 is 0 Å². The molecule has 4 rings (SSSR count). The first kappa shape index (κ1) is 16.8. The van der Waals surface area contributed by atoms with Crippen molar-refractivity contribution in [1.82, 2.24) is 19.7 Å². The van der Waals surface area contributed by atoms with Crippen molar-refractivity contribution < 1.29 is 0 Å². The van der Waals surface area contributed by atoms with Gasteiger partial charge in [0.15, 0.2) is 0 Å². The molecule has 2 aromatic heterocycles. The number of nitrogens with zero attached hydrogens (tertiary/aromatic N) is 5. The highest BCUT2D eigenvalue weighted by molar-refractivity contribution is 5.65. The summed E-state index contributed by atoms with van der Waals surface area (Å²) in [5.41, 5.74) is 6.92. The van der Waals surface area contributed by atoms with E-state index < -0.39 is 0 Å². The van der Waals surface area contributed by atoms with E-state index >= 15 is 0 Å². The summed E-state index contributed by atoms with van der Waals surface area (Å²) < 4.78 is 1.92. The maximum atomic E-state index is 4.93. The minimum Gasteiger partial charge on any atom is -0.334 e. The Hall–Kier alpha value is -2.69. The summed E-state index contributed by atoms with van der Waals surface area (Å²) >= 11 is 0. The number of anilines is 1. The molecule has 1 unspecified atom stereocenters. The molecule has 5 nitrogen and oxygen atoms in total. The molecule has 5 heteroatoms. The molecule has 1 fully saturated rings. The minimum absolute atomic E-state index is 0.350. The first-order chi connectivity index (χ1) is 12.6. The largest absolute Gasteiger partial charge is 0.334 e. The van der Waals surface area contributed by atoms with Gasteiger partial charge >= 0.3 is 0 Å². The lowest BCUT2D eigenvalue weighted by Gasteiger charge is -2.26. The van der Waals surface area contributed by atoms with Gasteiger partial charge in [-0.1, -0.05) is 24.3 Å². The normalized spacial score (nSPS) is 17.1. The Morgan fingerprint density at radius 3 is 2.62 bits per heavy atom. The van der Waals surface area contributed by atoms with Gasteiger partial charge in [0.2, 0.25) is 5.95 Å². The molecule has 1 aromatic carbocycles. The van der Waals surface area contributed by atoms with Crippen LogP contribution in [-0.4, -0.2) is 26.3 Å². The average Bonchev–Trinajstić information content (AvgIpc) is 3.20. The van der Waals surface area contributed by atoms with E-state index in [4.69, 9.17) is 4.98 Å². The van der Waals surface area contributed by atoms with Crippen LogP contribution in [0.15, 0.2) is 36.5 Å². The molecule has 0 amide bonds. The Morgan fingerprint density at radius 2 is 1.88 bits per heavy atom. The van der Waals surface area contributed by atoms with Crippen molar-refractivity contribution in [2.75, 3.05) is 11.4 Å². The zero-order chi connectivity index (χ0) is 18.3. The van der Waals surface area contributed by atoms with Gasteiger partial charge in [-0.3, -0.25) is 4.68 Å². The third-order valence-corrected chi connectivity index (χ3v) is 5.47. The smallest absolute Gasteiger partial charge is 0.226 e.